The van der Waals surface area contributed by atoms with Crippen molar-refractivity contribution in [2.24, 2.45) is 0 Å². The lowest BCUT2D eigenvalue weighted by molar-refractivity contribution is -0.237. The Balaban J connectivity index is 3.92. The van der Waals surface area contributed by atoms with E-state index in [0.717, 1.165) is 67.7 Å². The minimum Gasteiger partial charge on any atom is -0.463 e. The van der Waals surface area contributed by atoms with Gasteiger partial charge in [0.25, 0.3) is 0 Å². The summed E-state index contributed by atoms with van der Waals surface area (Å²) in [6.07, 6.45) is -11.2. The third kappa shape index (κ3) is 15.7. The highest BCUT2D eigenvalue weighted by molar-refractivity contribution is 8.02. The van der Waals surface area contributed by atoms with Crippen LogP contribution in [-0.2, 0) is 90.5 Å². The third-order valence-corrected chi connectivity index (χ3v) is 6.85. The van der Waals surface area contributed by atoms with Gasteiger partial charge in [-0.1, -0.05) is 11.8 Å². The van der Waals surface area contributed by atoms with Crippen molar-refractivity contribution in [1.82, 2.24) is 0 Å². The summed E-state index contributed by atoms with van der Waals surface area (Å²) >= 11 is 0.587. The number of thioether (sulfide) groups is 1. The summed E-state index contributed by atoms with van der Waals surface area (Å²) in [5.41, 5.74) is -1.43. The SMILES string of the molecule is CC(=O)OC[C@H]1O[C@@H](S/C=C(\OC(C)=O)[C@@H](OC(C)=O)[C@H](OC(C)=O)[C@@H](COC(C)=O)OC(C)=O)[C@H](OC(C)=O)[C@@H](OC(C)=O)[C@@H]1OC(C)=O. The van der Waals surface area contributed by atoms with Crippen molar-refractivity contribution in [2.75, 3.05) is 13.2 Å². The van der Waals surface area contributed by atoms with Crippen molar-refractivity contribution in [3.05, 3.63) is 11.2 Å². The Kier molecular flexibility index (Phi) is 17.9. The standard InChI is InChI=1S/C30H40O19S/c1-13(31)40-10-22(42-15(3)33)25(44-17(5)35)27(46-19(7)37)24(43-16(4)34)12-50-30-29(48-21(9)39)28(47-20(8)38)26(45-18(6)36)23(49-30)11-41-14(2)32/h12,22-23,25-30H,10-11H2,1-9H3/b24-12-/t22-,23-,25-,26-,27-,28+,29-,30+/m1/s1. The Morgan fingerprint density at radius 2 is 1.08 bits per heavy atom. The van der Waals surface area contributed by atoms with Gasteiger partial charge in [0.15, 0.2) is 36.3 Å². The molecule has 19 nitrogen and oxygen atoms in total. The molecule has 1 heterocycles. The van der Waals surface area contributed by atoms with Gasteiger partial charge in [-0.25, -0.2) is 0 Å². The Labute approximate surface area is 290 Å². The van der Waals surface area contributed by atoms with E-state index >= 15 is 0 Å². The fourth-order valence-electron chi connectivity index (χ4n) is 4.35. The van der Waals surface area contributed by atoms with E-state index in [0.29, 0.717) is 11.8 Å². The minimum atomic E-state index is -1.88. The van der Waals surface area contributed by atoms with Crippen molar-refractivity contribution in [2.45, 2.75) is 110 Å². The van der Waals surface area contributed by atoms with Crippen LogP contribution in [0.4, 0.5) is 0 Å². The van der Waals surface area contributed by atoms with Gasteiger partial charge in [-0.3, -0.25) is 43.2 Å². The molecule has 0 aromatic heterocycles. The molecule has 280 valence electrons. The highest BCUT2D eigenvalue weighted by Gasteiger charge is 2.52. The van der Waals surface area contributed by atoms with Gasteiger partial charge in [-0.15, -0.1) is 0 Å². The third-order valence-electron chi connectivity index (χ3n) is 5.84. The zero-order valence-electron chi connectivity index (χ0n) is 28.8. The monoisotopic (exact) mass is 736 g/mol. The highest BCUT2D eigenvalue weighted by atomic mass is 32.2. The van der Waals surface area contributed by atoms with Crippen LogP contribution < -0.4 is 0 Å². The van der Waals surface area contributed by atoms with Crippen molar-refractivity contribution in [3.8, 4) is 0 Å². The first-order valence-electron chi connectivity index (χ1n) is 14.7. The molecule has 0 unspecified atom stereocenters. The molecule has 0 N–H and O–H groups in total. The van der Waals surface area contributed by atoms with E-state index in [2.05, 4.69) is 0 Å². The fourth-order valence-corrected chi connectivity index (χ4v) is 5.37. The van der Waals surface area contributed by atoms with Crippen LogP contribution in [0, 0.1) is 0 Å². The second-order valence-electron chi connectivity index (χ2n) is 10.4. The van der Waals surface area contributed by atoms with Gasteiger partial charge in [0.1, 0.15) is 24.8 Å². The molecule has 0 aromatic carbocycles. The van der Waals surface area contributed by atoms with E-state index in [-0.39, 0.29) is 0 Å². The number of carbonyl (C=O) groups is 9. The van der Waals surface area contributed by atoms with Gasteiger partial charge in [-0.05, 0) is 0 Å². The Morgan fingerprint density at radius 3 is 1.54 bits per heavy atom. The van der Waals surface area contributed by atoms with Crippen LogP contribution in [0.15, 0.2) is 11.2 Å². The number of hydrogen-bond donors (Lipinski definition) is 0. The topological polar surface area (TPSA) is 246 Å². The average molecular weight is 737 g/mol. The maximum Gasteiger partial charge on any atom is 0.307 e. The number of ether oxygens (including phenoxy) is 10. The van der Waals surface area contributed by atoms with Crippen LogP contribution in [0.2, 0.25) is 0 Å². The van der Waals surface area contributed by atoms with E-state index in [1.54, 1.807) is 0 Å². The molecule has 0 amide bonds. The molecule has 1 saturated heterocycles. The fraction of sp³-hybridized carbons (Fsp3) is 0.633. The number of esters is 9. The van der Waals surface area contributed by atoms with Crippen LogP contribution in [0.25, 0.3) is 0 Å². The molecule has 1 aliphatic rings. The molecule has 0 saturated carbocycles. The summed E-state index contributed by atoms with van der Waals surface area (Å²) in [6.45, 7) is 7.89. The Morgan fingerprint density at radius 1 is 0.580 bits per heavy atom. The lowest BCUT2D eigenvalue weighted by atomic mass is 9.99. The summed E-state index contributed by atoms with van der Waals surface area (Å²) in [4.78, 5) is 109. The van der Waals surface area contributed by atoms with E-state index < -0.39 is 121 Å². The largest absolute Gasteiger partial charge is 0.463 e. The predicted molar refractivity (Wildman–Crippen MR) is 163 cm³/mol. The van der Waals surface area contributed by atoms with Crippen molar-refractivity contribution in [3.63, 3.8) is 0 Å². The summed E-state index contributed by atoms with van der Waals surface area (Å²) in [7, 11) is 0. The number of rotatable bonds is 16. The smallest absolute Gasteiger partial charge is 0.307 e. The maximum atomic E-state index is 12.3. The lowest BCUT2D eigenvalue weighted by Crippen LogP contribution is -2.61. The molecule has 0 aliphatic carbocycles. The summed E-state index contributed by atoms with van der Waals surface area (Å²) < 4.78 is 53.5. The van der Waals surface area contributed by atoms with Crippen molar-refractivity contribution in [1.29, 1.82) is 0 Å². The molecular formula is C30H40O19S. The average Bonchev–Trinajstić information content (AvgIpc) is 2.95. The maximum absolute atomic E-state index is 12.3. The van der Waals surface area contributed by atoms with Gasteiger partial charge in [0.2, 0.25) is 6.10 Å². The molecule has 0 bridgehead atoms. The molecule has 1 fully saturated rings. The molecule has 20 heteroatoms. The van der Waals surface area contributed by atoms with Gasteiger partial charge < -0.3 is 47.4 Å². The van der Waals surface area contributed by atoms with Crippen LogP contribution in [0.1, 0.15) is 62.3 Å². The van der Waals surface area contributed by atoms with Crippen molar-refractivity contribution >= 4 is 65.5 Å². The highest BCUT2D eigenvalue weighted by Crippen LogP contribution is 2.36. The molecule has 1 rings (SSSR count). The predicted octanol–water partition coefficient (Wildman–Crippen LogP) is 0.565. The Bertz CT molecular complexity index is 1320. The van der Waals surface area contributed by atoms with E-state index in [9.17, 15) is 43.2 Å². The lowest BCUT2D eigenvalue weighted by Gasteiger charge is -2.44. The van der Waals surface area contributed by atoms with Gasteiger partial charge in [0.05, 0.1) is 0 Å². The zero-order valence-corrected chi connectivity index (χ0v) is 29.6. The summed E-state index contributed by atoms with van der Waals surface area (Å²) in [5, 5.41) is 1.03. The first-order chi connectivity index (χ1) is 23.2. The second kappa shape index (κ2) is 20.7. The molecule has 8 atom stereocenters. The molecule has 0 radical (unpaired) electrons. The number of carbonyl (C=O) groups excluding carboxylic acids is 9. The number of hydrogen-bond acceptors (Lipinski definition) is 20. The van der Waals surface area contributed by atoms with Gasteiger partial charge in [-0.2, -0.15) is 0 Å². The van der Waals surface area contributed by atoms with E-state index in [1.165, 1.54) is 0 Å². The first-order valence-corrected chi connectivity index (χ1v) is 15.6. The minimum absolute atomic E-state index is 0.541. The van der Waals surface area contributed by atoms with Crippen LogP contribution in [0.3, 0.4) is 0 Å². The summed E-state index contributed by atoms with van der Waals surface area (Å²) in [6, 6.07) is 0. The first kappa shape index (κ1) is 43.3. The van der Waals surface area contributed by atoms with E-state index in [1.807, 2.05) is 0 Å². The second-order valence-corrected chi connectivity index (χ2v) is 11.3. The zero-order chi connectivity index (χ0) is 38.3. The quantitative estimate of drug-likeness (QED) is 0.119. The molecule has 0 aromatic rings. The van der Waals surface area contributed by atoms with Gasteiger partial charge in [0, 0.05) is 67.7 Å². The summed E-state index contributed by atoms with van der Waals surface area (Å²) in [5.74, 6) is -8.66. The molecule has 1 aliphatic heterocycles. The van der Waals surface area contributed by atoms with Gasteiger partial charge >= 0.3 is 53.7 Å². The van der Waals surface area contributed by atoms with E-state index in [4.69, 9.17) is 47.4 Å². The normalized spacial score (nSPS) is 21.9. The molecular weight excluding hydrogens is 696 g/mol. The molecule has 50 heavy (non-hydrogen) atoms. The van der Waals surface area contributed by atoms with Crippen LogP contribution in [0.5, 0.6) is 0 Å². The van der Waals surface area contributed by atoms with Crippen molar-refractivity contribution < 1.29 is 90.5 Å². The van der Waals surface area contributed by atoms with Crippen LogP contribution in [-0.4, -0.2) is 115 Å². The van der Waals surface area contributed by atoms with Crippen LogP contribution >= 0.6 is 11.8 Å². The Hall–Kier alpha value is -4.72. The molecule has 0 spiro atoms.